The Morgan fingerprint density at radius 2 is 0.616 bits per heavy atom. The second-order valence-corrected chi connectivity index (χ2v) is 21.2. The molecular weight excluding hydrogens is 1050 g/mol. The molecule has 0 unspecified atom stereocenters. The summed E-state index contributed by atoms with van der Waals surface area (Å²) in [6.45, 7) is 0. The van der Waals surface area contributed by atoms with Crippen molar-refractivity contribution in [2.24, 2.45) is 0 Å². The van der Waals surface area contributed by atoms with E-state index in [9.17, 15) is 0 Å². The van der Waals surface area contributed by atoms with Gasteiger partial charge < -0.3 is 9.13 Å². The van der Waals surface area contributed by atoms with Crippen LogP contribution in [0.4, 0.5) is 0 Å². The molecule has 0 aliphatic heterocycles. The van der Waals surface area contributed by atoms with Gasteiger partial charge in [-0.05, 0) is 65.7 Å². The molecule has 0 fully saturated rings. The molecule has 11 aromatic carbocycles. The molecule has 0 bridgehead atoms. The zero-order chi connectivity index (χ0) is 56.9. The fourth-order valence-corrected chi connectivity index (χ4v) is 12.0. The van der Waals surface area contributed by atoms with Gasteiger partial charge in [0, 0.05) is 60.5 Å². The molecule has 5 aromatic heterocycles. The quantitative estimate of drug-likeness (QED) is 0.127. The van der Waals surface area contributed by atoms with E-state index in [1.807, 2.05) is 103 Å². The van der Waals surface area contributed by atoms with Crippen molar-refractivity contribution in [1.29, 1.82) is 0 Å². The largest absolute Gasteiger partial charge is 0.308 e. The van der Waals surface area contributed by atoms with Crippen LogP contribution in [0.2, 0.25) is 0 Å². The number of aromatic nitrogens is 9. The first-order valence-electron chi connectivity index (χ1n) is 28.7. The highest BCUT2D eigenvalue weighted by Gasteiger charge is 2.30. The second kappa shape index (κ2) is 21.2. The molecule has 402 valence electrons. The number of rotatable bonds is 11. The Morgan fingerprint density at radius 3 is 1.14 bits per heavy atom. The lowest BCUT2D eigenvalue weighted by Gasteiger charge is -2.23. The third-order valence-electron chi connectivity index (χ3n) is 16.1. The van der Waals surface area contributed by atoms with Gasteiger partial charge in [-0.3, -0.25) is 0 Å². The number of benzene rings is 11. The molecule has 0 aliphatic rings. The molecule has 0 saturated heterocycles. The highest BCUT2D eigenvalue weighted by molar-refractivity contribution is 6.14. The van der Waals surface area contributed by atoms with Crippen LogP contribution in [0.3, 0.4) is 0 Å². The maximum atomic E-state index is 5.67. The molecule has 0 radical (unpaired) electrons. The third-order valence-corrected chi connectivity index (χ3v) is 16.1. The van der Waals surface area contributed by atoms with Gasteiger partial charge in [0.15, 0.2) is 34.9 Å². The van der Waals surface area contributed by atoms with Gasteiger partial charge in [-0.25, -0.2) is 34.9 Å². The lowest BCUT2D eigenvalue weighted by molar-refractivity contribution is 1.04. The Labute approximate surface area is 495 Å². The summed E-state index contributed by atoms with van der Waals surface area (Å²) < 4.78 is 4.76. The van der Waals surface area contributed by atoms with Crippen LogP contribution < -0.4 is 0 Å². The normalized spacial score (nSPS) is 11.5. The molecule has 16 aromatic rings. The average Bonchev–Trinajstić information content (AvgIpc) is 1.61. The fourth-order valence-electron chi connectivity index (χ4n) is 12.0. The summed E-state index contributed by atoms with van der Waals surface area (Å²) >= 11 is 0. The van der Waals surface area contributed by atoms with Crippen molar-refractivity contribution in [3.63, 3.8) is 0 Å². The van der Waals surface area contributed by atoms with Crippen LogP contribution in [0.25, 0.3) is 157 Å². The molecule has 86 heavy (non-hydrogen) atoms. The van der Waals surface area contributed by atoms with E-state index >= 15 is 0 Å². The lowest BCUT2D eigenvalue weighted by Crippen LogP contribution is -2.10. The minimum atomic E-state index is 0.455. The Hall–Kier alpha value is -11.8. The molecule has 5 heterocycles. The molecule has 9 nitrogen and oxygen atoms in total. The number of fused-ring (bicyclic) bond motifs is 6. The Morgan fingerprint density at radius 1 is 0.209 bits per heavy atom. The topological polar surface area (TPSA) is 100 Å². The van der Waals surface area contributed by atoms with Gasteiger partial charge >= 0.3 is 0 Å². The molecule has 0 atom stereocenters. The highest BCUT2D eigenvalue weighted by Crippen LogP contribution is 2.47. The van der Waals surface area contributed by atoms with Gasteiger partial charge in [-0.15, -0.1) is 0 Å². The fraction of sp³-hybridized carbons (Fsp3) is 0. The predicted octanol–water partition coefficient (Wildman–Crippen LogP) is 18.6. The van der Waals surface area contributed by atoms with Crippen molar-refractivity contribution in [1.82, 2.24) is 44.0 Å². The third kappa shape index (κ3) is 8.86. The van der Waals surface area contributed by atoms with Crippen LogP contribution in [0.15, 0.2) is 297 Å². The first-order chi connectivity index (χ1) is 42.6. The average molecular weight is 1100 g/mol. The molecule has 0 aliphatic carbocycles. The van der Waals surface area contributed by atoms with E-state index < -0.39 is 0 Å². The minimum Gasteiger partial charge on any atom is -0.308 e. The van der Waals surface area contributed by atoms with E-state index in [1.165, 1.54) is 0 Å². The number of hydrogen-bond acceptors (Lipinski definition) is 7. The zero-order valence-corrected chi connectivity index (χ0v) is 46.3. The molecule has 0 saturated carbocycles. The van der Waals surface area contributed by atoms with E-state index in [0.29, 0.717) is 34.9 Å². The predicted molar refractivity (Wildman–Crippen MR) is 349 cm³/mol. The number of hydrogen-bond donors (Lipinski definition) is 0. The Kier molecular flexibility index (Phi) is 12.3. The van der Waals surface area contributed by atoms with Gasteiger partial charge in [0.2, 0.25) is 0 Å². The molecule has 16 rings (SSSR count). The van der Waals surface area contributed by atoms with Crippen molar-refractivity contribution >= 4 is 43.6 Å². The highest BCUT2D eigenvalue weighted by atomic mass is 15.1. The van der Waals surface area contributed by atoms with Crippen molar-refractivity contribution in [2.75, 3.05) is 0 Å². The molecule has 9 heteroatoms. The molecule has 0 spiro atoms. The van der Waals surface area contributed by atoms with Crippen LogP contribution >= 0.6 is 0 Å². The van der Waals surface area contributed by atoms with E-state index in [0.717, 1.165) is 122 Å². The van der Waals surface area contributed by atoms with Gasteiger partial charge in [-0.1, -0.05) is 243 Å². The van der Waals surface area contributed by atoms with Gasteiger partial charge in [0.1, 0.15) is 0 Å². The maximum Gasteiger partial charge on any atom is 0.168 e. The molecule has 0 N–H and O–H groups in total. The maximum absolute atomic E-state index is 5.67. The van der Waals surface area contributed by atoms with Crippen LogP contribution in [0.1, 0.15) is 0 Å². The standard InChI is InChI=1S/C77H49N9/c1-7-24-50(25-8-1)56-43-46-67-62(48-56)60-44-42-57(64-39-23-38-63(78-64)51-26-9-2-10-27-51)49-69(60)85(67)68-47-45-61(76-81-72(52-28-11-3-12-29-52)79-73(82-76)53-30-13-4-14-31-53)71(86-65-40-21-19-36-58(65)59-37-20-22-41-66(59)86)70(68)77-83-74(54-32-15-5-16-33-54)80-75(84-77)55-34-17-6-18-35-55/h1-49H. The van der Waals surface area contributed by atoms with Crippen LogP contribution in [0.5, 0.6) is 0 Å². The Balaban J connectivity index is 1.09. The van der Waals surface area contributed by atoms with E-state index in [1.54, 1.807) is 0 Å². The number of para-hydroxylation sites is 2. The van der Waals surface area contributed by atoms with Gasteiger partial charge in [0.05, 0.1) is 50.4 Å². The smallest absolute Gasteiger partial charge is 0.168 e. The summed E-state index contributed by atoms with van der Waals surface area (Å²) in [5.74, 6) is 3.07. The Bertz CT molecular complexity index is 5040. The molecule has 0 amide bonds. The first kappa shape index (κ1) is 50.0. The van der Waals surface area contributed by atoms with E-state index in [-0.39, 0.29) is 0 Å². The monoisotopic (exact) mass is 1100 g/mol. The van der Waals surface area contributed by atoms with Crippen LogP contribution in [0, 0.1) is 0 Å². The van der Waals surface area contributed by atoms with E-state index in [4.69, 9.17) is 34.9 Å². The summed E-state index contributed by atoms with van der Waals surface area (Å²) in [6.07, 6.45) is 0. The van der Waals surface area contributed by atoms with Crippen molar-refractivity contribution in [2.45, 2.75) is 0 Å². The second-order valence-electron chi connectivity index (χ2n) is 21.2. The SMILES string of the molecule is c1ccc(-c2ccc3c(c2)c2ccc(-c4cccc(-c5ccccc5)n4)cc2n3-c2ccc(-c3nc(-c4ccccc4)nc(-c4ccccc4)n3)c(-n3c4ccccc4c4ccccc43)c2-c2nc(-c3ccccc3)nc(-c3ccccc3)n2)cc1. The lowest BCUT2D eigenvalue weighted by atomic mass is 10.0. The summed E-state index contributed by atoms with van der Waals surface area (Å²) in [5.41, 5.74) is 16.4. The summed E-state index contributed by atoms with van der Waals surface area (Å²) in [6, 6.07) is 103. The van der Waals surface area contributed by atoms with Gasteiger partial charge in [0.25, 0.3) is 0 Å². The van der Waals surface area contributed by atoms with E-state index in [2.05, 4.69) is 203 Å². The van der Waals surface area contributed by atoms with Crippen molar-refractivity contribution < 1.29 is 0 Å². The first-order valence-corrected chi connectivity index (χ1v) is 28.7. The summed E-state index contributed by atoms with van der Waals surface area (Å²) in [5, 5.41) is 4.32. The zero-order valence-electron chi connectivity index (χ0n) is 46.3. The van der Waals surface area contributed by atoms with Crippen LogP contribution in [-0.4, -0.2) is 44.0 Å². The van der Waals surface area contributed by atoms with Gasteiger partial charge in [-0.2, -0.15) is 0 Å². The molecular formula is C77H49N9. The number of pyridine rings is 1. The summed E-state index contributed by atoms with van der Waals surface area (Å²) in [7, 11) is 0. The van der Waals surface area contributed by atoms with Crippen LogP contribution in [-0.2, 0) is 0 Å². The number of nitrogens with zero attached hydrogens (tertiary/aromatic N) is 9. The van der Waals surface area contributed by atoms with Crippen molar-refractivity contribution in [3.05, 3.63) is 297 Å². The van der Waals surface area contributed by atoms with Crippen molar-refractivity contribution in [3.8, 4) is 113 Å². The summed E-state index contributed by atoms with van der Waals surface area (Å²) in [4.78, 5) is 38.2. The minimum absolute atomic E-state index is 0.455.